The van der Waals surface area contributed by atoms with E-state index >= 15 is 0 Å². The average Bonchev–Trinajstić information content (AvgIpc) is 2.25. The number of nitrogens with one attached hydrogen (secondary N) is 1. The number of rotatable bonds is 5. The fourth-order valence-electron chi connectivity index (χ4n) is 1.30. The highest BCUT2D eigenvalue weighted by Gasteiger charge is 2.09. The summed E-state index contributed by atoms with van der Waals surface area (Å²) in [4.78, 5) is 11.0. The van der Waals surface area contributed by atoms with Crippen molar-refractivity contribution in [3.8, 4) is 0 Å². The Morgan fingerprint density at radius 1 is 1.47 bits per heavy atom. The van der Waals surface area contributed by atoms with Crippen molar-refractivity contribution in [1.29, 1.82) is 0 Å². The molecule has 0 saturated heterocycles. The van der Waals surface area contributed by atoms with E-state index in [-0.39, 0.29) is 6.04 Å². The van der Waals surface area contributed by atoms with E-state index in [1.54, 1.807) is 6.07 Å². The van der Waals surface area contributed by atoms with Crippen LogP contribution in [0.4, 0.5) is 5.69 Å². The lowest BCUT2D eigenvalue weighted by Gasteiger charge is -2.17. The number of benzene rings is 1. The second-order valence-corrected chi connectivity index (χ2v) is 5.20. The van der Waals surface area contributed by atoms with Crippen molar-refractivity contribution in [3.63, 3.8) is 0 Å². The second-order valence-electron chi connectivity index (χ2n) is 4.35. The molecule has 5 heteroatoms. The van der Waals surface area contributed by atoms with Gasteiger partial charge in [0.15, 0.2) is 0 Å². The van der Waals surface area contributed by atoms with Gasteiger partial charge in [-0.1, -0.05) is 13.8 Å². The van der Waals surface area contributed by atoms with E-state index in [9.17, 15) is 4.79 Å². The maximum Gasteiger partial charge on any atom is 0.249 e. The molecule has 0 fully saturated rings. The monoisotopic (exact) mass is 299 g/mol. The third kappa shape index (κ3) is 4.02. The summed E-state index contributed by atoms with van der Waals surface area (Å²) in [5, 5.41) is 3.23. The Morgan fingerprint density at radius 2 is 2.12 bits per heavy atom. The zero-order chi connectivity index (χ0) is 13.0. The highest BCUT2D eigenvalue weighted by atomic mass is 79.9. The van der Waals surface area contributed by atoms with Crippen LogP contribution in [0.15, 0.2) is 22.7 Å². The summed E-state index contributed by atoms with van der Waals surface area (Å²) < 4.78 is 0.688. The highest BCUT2D eigenvalue weighted by Crippen LogP contribution is 2.21. The van der Waals surface area contributed by atoms with Gasteiger partial charge in [0.25, 0.3) is 0 Å². The molecule has 0 bridgehead atoms. The van der Waals surface area contributed by atoms with Crippen molar-refractivity contribution in [3.05, 3.63) is 28.2 Å². The summed E-state index contributed by atoms with van der Waals surface area (Å²) in [6, 6.07) is 5.44. The summed E-state index contributed by atoms with van der Waals surface area (Å²) in [6.45, 7) is 4.86. The van der Waals surface area contributed by atoms with Crippen LogP contribution in [0.5, 0.6) is 0 Å². The molecule has 5 N–H and O–H groups in total. The third-order valence-corrected chi connectivity index (χ3v) is 3.29. The number of amides is 1. The lowest BCUT2D eigenvalue weighted by molar-refractivity contribution is 0.0999. The first-order chi connectivity index (χ1) is 7.91. The molecule has 1 atom stereocenters. The largest absolute Gasteiger partial charge is 0.383 e. The fraction of sp³-hybridized carbons (Fsp3) is 0.417. The third-order valence-electron chi connectivity index (χ3n) is 2.63. The number of hydrogen-bond donors (Lipinski definition) is 3. The summed E-state index contributed by atoms with van der Waals surface area (Å²) in [5.74, 6) is -0.0156. The Labute approximate surface area is 110 Å². The lowest BCUT2D eigenvalue weighted by Crippen LogP contribution is -2.34. The minimum absolute atomic E-state index is 0.101. The molecule has 0 radical (unpaired) electrons. The molecule has 1 unspecified atom stereocenters. The molecule has 1 amide bonds. The van der Waals surface area contributed by atoms with E-state index in [4.69, 9.17) is 11.5 Å². The fourth-order valence-corrected chi connectivity index (χ4v) is 1.87. The van der Waals surface area contributed by atoms with Crippen LogP contribution in [0.25, 0.3) is 0 Å². The molecule has 4 nitrogen and oxygen atoms in total. The number of primary amides is 1. The summed E-state index contributed by atoms with van der Waals surface area (Å²) >= 11 is 3.31. The minimum Gasteiger partial charge on any atom is -0.383 e. The molecule has 17 heavy (non-hydrogen) atoms. The number of halogens is 1. The van der Waals surface area contributed by atoms with Crippen molar-refractivity contribution in [2.24, 2.45) is 17.4 Å². The van der Waals surface area contributed by atoms with Crippen molar-refractivity contribution < 1.29 is 4.79 Å². The van der Waals surface area contributed by atoms with Gasteiger partial charge in [0.1, 0.15) is 0 Å². The molecule has 0 aliphatic rings. The molecule has 1 rings (SSSR count). The molecular weight excluding hydrogens is 282 g/mol. The van der Waals surface area contributed by atoms with Crippen LogP contribution in [0, 0.1) is 5.92 Å². The first-order valence-corrected chi connectivity index (χ1v) is 6.30. The zero-order valence-electron chi connectivity index (χ0n) is 10.0. The quantitative estimate of drug-likeness (QED) is 0.777. The van der Waals surface area contributed by atoms with Crippen LogP contribution in [0.2, 0.25) is 0 Å². The van der Waals surface area contributed by atoms with Gasteiger partial charge in [-0.3, -0.25) is 4.79 Å². The van der Waals surface area contributed by atoms with Crippen LogP contribution in [0.3, 0.4) is 0 Å². The first kappa shape index (κ1) is 14.0. The molecular formula is C12H18BrN3O. The minimum atomic E-state index is -0.442. The van der Waals surface area contributed by atoms with Gasteiger partial charge in [-0.25, -0.2) is 0 Å². The van der Waals surface area contributed by atoms with Crippen molar-refractivity contribution in [2.75, 3.05) is 11.9 Å². The second kappa shape index (κ2) is 6.02. The first-order valence-electron chi connectivity index (χ1n) is 5.50. The van der Waals surface area contributed by atoms with Gasteiger partial charge in [-0.05, 0) is 40.0 Å². The molecule has 1 aromatic rings. The maximum atomic E-state index is 11.0. The number of carbonyl (C=O) groups excluding carboxylic acids is 1. The molecule has 94 valence electrons. The number of carbonyl (C=O) groups is 1. The van der Waals surface area contributed by atoms with Crippen molar-refractivity contribution >= 4 is 27.5 Å². The van der Waals surface area contributed by atoms with E-state index in [0.717, 1.165) is 5.69 Å². The van der Waals surface area contributed by atoms with Crippen LogP contribution < -0.4 is 16.8 Å². The average molecular weight is 300 g/mol. The number of nitrogens with two attached hydrogens (primary N) is 2. The molecule has 0 aliphatic heterocycles. The maximum absolute atomic E-state index is 11.0. The standard InChI is InChI=1S/C12H18BrN3O/c1-7(2)11(14)6-16-8-3-4-9(12(15)17)10(13)5-8/h3-5,7,11,16H,6,14H2,1-2H3,(H2,15,17). The number of hydrogen-bond acceptors (Lipinski definition) is 3. The van der Waals surface area contributed by atoms with Crippen LogP contribution in [-0.4, -0.2) is 18.5 Å². The van der Waals surface area contributed by atoms with E-state index in [1.807, 2.05) is 12.1 Å². The predicted molar refractivity (Wildman–Crippen MR) is 74.0 cm³/mol. The van der Waals surface area contributed by atoms with Gasteiger partial charge in [0, 0.05) is 22.7 Å². The van der Waals surface area contributed by atoms with Crippen LogP contribution in [-0.2, 0) is 0 Å². The van der Waals surface area contributed by atoms with E-state index in [2.05, 4.69) is 35.1 Å². The Bertz CT molecular complexity index is 407. The predicted octanol–water partition coefficient (Wildman–Crippen LogP) is 1.94. The van der Waals surface area contributed by atoms with Crippen LogP contribution >= 0.6 is 15.9 Å². The van der Waals surface area contributed by atoms with Gasteiger partial charge in [0.2, 0.25) is 5.91 Å². The smallest absolute Gasteiger partial charge is 0.249 e. The topological polar surface area (TPSA) is 81.1 Å². The summed E-state index contributed by atoms with van der Waals surface area (Å²) in [6.07, 6.45) is 0. The normalized spacial score (nSPS) is 12.5. The Hall–Kier alpha value is -1.07. The lowest BCUT2D eigenvalue weighted by atomic mass is 10.1. The van der Waals surface area contributed by atoms with Gasteiger partial charge in [0.05, 0.1) is 5.56 Å². The molecule has 0 aliphatic carbocycles. The highest BCUT2D eigenvalue weighted by molar-refractivity contribution is 9.10. The van der Waals surface area contributed by atoms with E-state index in [1.165, 1.54) is 0 Å². The summed E-state index contributed by atoms with van der Waals surface area (Å²) in [5.41, 5.74) is 12.5. The Morgan fingerprint density at radius 3 is 2.59 bits per heavy atom. The Balaban J connectivity index is 2.68. The summed E-state index contributed by atoms with van der Waals surface area (Å²) in [7, 11) is 0. The van der Waals surface area contributed by atoms with E-state index < -0.39 is 5.91 Å². The Kier molecular flexibility index (Phi) is 4.96. The zero-order valence-corrected chi connectivity index (χ0v) is 11.6. The SMILES string of the molecule is CC(C)C(N)CNc1ccc(C(N)=O)c(Br)c1. The molecule has 0 aromatic heterocycles. The number of anilines is 1. The molecule has 0 saturated carbocycles. The molecule has 1 aromatic carbocycles. The van der Waals surface area contributed by atoms with Gasteiger partial charge >= 0.3 is 0 Å². The van der Waals surface area contributed by atoms with E-state index in [0.29, 0.717) is 22.5 Å². The van der Waals surface area contributed by atoms with Gasteiger partial charge < -0.3 is 16.8 Å². The van der Waals surface area contributed by atoms with Crippen molar-refractivity contribution in [1.82, 2.24) is 0 Å². The molecule has 0 spiro atoms. The van der Waals surface area contributed by atoms with Gasteiger partial charge in [-0.15, -0.1) is 0 Å². The molecule has 0 heterocycles. The van der Waals surface area contributed by atoms with Crippen LogP contribution in [0.1, 0.15) is 24.2 Å². The van der Waals surface area contributed by atoms with Gasteiger partial charge in [-0.2, -0.15) is 0 Å². The van der Waals surface area contributed by atoms with Crippen molar-refractivity contribution in [2.45, 2.75) is 19.9 Å².